The molecule has 0 spiro atoms. The van der Waals surface area contributed by atoms with Crippen molar-refractivity contribution in [1.29, 1.82) is 0 Å². The normalized spacial score (nSPS) is 11.0. The Balaban J connectivity index is 1.98. The molecule has 2 aromatic heterocycles. The van der Waals surface area contributed by atoms with E-state index < -0.39 is 0 Å². The zero-order valence-corrected chi connectivity index (χ0v) is 13.1. The molecule has 5 nitrogen and oxygen atoms in total. The third kappa shape index (κ3) is 2.83. The maximum atomic E-state index is 6.02. The van der Waals surface area contributed by atoms with Gasteiger partial charge in [0.15, 0.2) is 16.1 Å². The number of aromatic nitrogens is 3. The van der Waals surface area contributed by atoms with E-state index in [-0.39, 0.29) is 0 Å². The summed E-state index contributed by atoms with van der Waals surface area (Å²) in [6, 6.07) is 7.97. The molecule has 3 rings (SSSR count). The van der Waals surface area contributed by atoms with Crippen molar-refractivity contribution < 1.29 is 4.74 Å². The van der Waals surface area contributed by atoms with E-state index in [2.05, 4.69) is 20.5 Å². The Kier molecular flexibility index (Phi) is 4.01. The molecule has 108 valence electrons. The lowest BCUT2D eigenvalue weighted by molar-refractivity contribution is 0.184. The van der Waals surface area contributed by atoms with Gasteiger partial charge in [0, 0.05) is 12.7 Å². The fourth-order valence-corrected chi connectivity index (χ4v) is 3.00. The molecule has 21 heavy (non-hydrogen) atoms. The first-order valence-corrected chi connectivity index (χ1v) is 7.51. The molecule has 0 aliphatic carbocycles. The zero-order valence-electron chi connectivity index (χ0n) is 11.6. The first-order valence-electron chi connectivity index (χ1n) is 6.32. The lowest BCUT2D eigenvalue weighted by Crippen LogP contribution is -2.05. The van der Waals surface area contributed by atoms with Gasteiger partial charge in [0.1, 0.15) is 0 Å². The molecule has 1 aromatic carbocycles. The predicted molar refractivity (Wildman–Crippen MR) is 85.4 cm³/mol. The quantitative estimate of drug-likeness (QED) is 0.789. The third-order valence-electron chi connectivity index (χ3n) is 3.09. The summed E-state index contributed by atoms with van der Waals surface area (Å²) in [5.74, 6) is 0.623. The predicted octanol–water partition coefficient (Wildman–Crippen LogP) is 3.94. The summed E-state index contributed by atoms with van der Waals surface area (Å²) < 4.78 is 6.34. The number of fused-ring (bicyclic) bond motifs is 1. The summed E-state index contributed by atoms with van der Waals surface area (Å²) in [5.41, 5.74) is 2.70. The van der Waals surface area contributed by atoms with Crippen molar-refractivity contribution in [2.24, 2.45) is 0 Å². The number of nitrogens with one attached hydrogen (secondary N) is 1. The number of halogens is 1. The second kappa shape index (κ2) is 5.93. The molecule has 0 aliphatic rings. The van der Waals surface area contributed by atoms with Crippen LogP contribution in [0, 0.1) is 6.92 Å². The monoisotopic (exact) mass is 320 g/mol. The first-order chi connectivity index (χ1) is 10.2. The van der Waals surface area contributed by atoms with Crippen molar-refractivity contribution in [3.63, 3.8) is 0 Å². The average Bonchev–Trinajstić information content (AvgIpc) is 2.89. The van der Waals surface area contributed by atoms with Crippen molar-refractivity contribution in [3.8, 4) is 0 Å². The minimum absolute atomic E-state index is 0.386. The number of nitrogens with zero attached hydrogens (tertiary/aromatic N) is 3. The number of methoxy groups -OCH3 is 1. The van der Waals surface area contributed by atoms with Crippen molar-refractivity contribution in [3.05, 3.63) is 40.5 Å². The standard InChI is InChI=1S/C14H13ClN4OS/c1-8-9(7-20-2)13(19-18-12(8)15)17-14-16-10-5-3-4-6-11(10)21-14/h3-6H,7H2,1-2H3,(H,16,17,19). The molecule has 0 saturated carbocycles. The highest BCUT2D eigenvalue weighted by atomic mass is 35.5. The highest BCUT2D eigenvalue weighted by Crippen LogP contribution is 2.30. The molecule has 0 unspecified atom stereocenters. The van der Waals surface area contributed by atoms with Gasteiger partial charge >= 0.3 is 0 Å². The number of anilines is 2. The number of hydrogen-bond donors (Lipinski definition) is 1. The Morgan fingerprint density at radius 2 is 2.10 bits per heavy atom. The van der Waals surface area contributed by atoms with E-state index in [4.69, 9.17) is 16.3 Å². The highest BCUT2D eigenvalue weighted by Gasteiger charge is 2.14. The Morgan fingerprint density at radius 3 is 2.86 bits per heavy atom. The van der Waals surface area contributed by atoms with Gasteiger partial charge in [0.2, 0.25) is 0 Å². The lowest BCUT2D eigenvalue weighted by Gasteiger charge is -2.11. The molecule has 7 heteroatoms. The van der Waals surface area contributed by atoms with E-state index in [0.717, 1.165) is 26.5 Å². The maximum absolute atomic E-state index is 6.02. The molecule has 0 radical (unpaired) electrons. The number of hydrogen-bond acceptors (Lipinski definition) is 6. The summed E-state index contributed by atoms with van der Waals surface area (Å²) >= 11 is 7.58. The van der Waals surface area contributed by atoms with Crippen LogP contribution in [-0.2, 0) is 11.3 Å². The van der Waals surface area contributed by atoms with Crippen LogP contribution in [0.2, 0.25) is 5.15 Å². The third-order valence-corrected chi connectivity index (χ3v) is 4.40. The van der Waals surface area contributed by atoms with Crippen LogP contribution in [0.15, 0.2) is 24.3 Å². The number of thiazole rings is 1. The molecule has 0 aliphatic heterocycles. The molecule has 0 amide bonds. The van der Waals surface area contributed by atoms with E-state index in [0.29, 0.717) is 17.6 Å². The van der Waals surface area contributed by atoms with Crippen LogP contribution in [0.1, 0.15) is 11.1 Å². The molecular weight excluding hydrogens is 308 g/mol. The maximum Gasteiger partial charge on any atom is 0.189 e. The van der Waals surface area contributed by atoms with E-state index in [1.807, 2.05) is 31.2 Å². The van der Waals surface area contributed by atoms with Crippen LogP contribution < -0.4 is 5.32 Å². The molecule has 2 heterocycles. The Hall–Kier alpha value is -1.76. The van der Waals surface area contributed by atoms with Crippen molar-refractivity contribution in [2.75, 3.05) is 12.4 Å². The van der Waals surface area contributed by atoms with Gasteiger partial charge in [-0.1, -0.05) is 35.1 Å². The van der Waals surface area contributed by atoms with Gasteiger partial charge < -0.3 is 10.1 Å². The Labute approximate surface area is 130 Å². The highest BCUT2D eigenvalue weighted by molar-refractivity contribution is 7.22. The summed E-state index contributed by atoms with van der Waals surface area (Å²) in [6.45, 7) is 2.31. The van der Waals surface area contributed by atoms with Gasteiger partial charge in [0.05, 0.1) is 16.8 Å². The second-order valence-electron chi connectivity index (χ2n) is 4.49. The van der Waals surface area contributed by atoms with Gasteiger partial charge in [0.25, 0.3) is 0 Å². The minimum atomic E-state index is 0.386. The summed E-state index contributed by atoms with van der Waals surface area (Å²) in [5, 5.41) is 12.4. The van der Waals surface area contributed by atoms with Gasteiger partial charge in [-0.05, 0) is 24.6 Å². The Morgan fingerprint density at radius 1 is 1.29 bits per heavy atom. The number of para-hydroxylation sites is 1. The van der Waals surface area contributed by atoms with E-state index in [9.17, 15) is 0 Å². The van der Waals surface area contributed by atoms with Crippen LogP contribution in [0.3, 0.4) is 0 Å². The molecule has 0 saturated heterocycles. The van der Waals surface area contributed by atoms with Crippen LogP contribution in [-0.4, -0.2) is 22.3 Å². The molecule has 3 aromatic rings. The second-order valence-corrected chi connectivity index (χ2v) is 5.88. The summed E-state index contributed by atoms with van der Waals surface area (Å²) in [7, 11) is 1.63. The Bertz CT molecular complexity index is 757. The summed E-state index contributed by atoms with van der Waals surface area (Å²) in [6.07, 6.45) is 0. The van der Waals surface area contributed by atoms with E-state index in [1.54, 1.807) is 18.4 Å². The smallest absolute Gasteiger partial charge is 0.189 e. The van der Waals surface area contributed by atoms with Gasteiger partial charge in [-0.25, -0.2) is 4.98 Å². The minimum Gasteiger partial charge on any atom is -0.380 e. The molecular formula is C14H13ClN4OS. The molecule has 0 bridgehead atoms. The molecule has 0 atom stereocenters. The lowest BCUT2D eigenvalue weighted by atomic mass is 10.2. The van der Waals surface area contributed by atoms with Crippen LogP contribution in [0.4, 0.5) is 10.9 Å². The van der Waals surface area contributed by atoms with E-state index >= 15 is 0 Å². The van der Waals surface area contributed by atoms with Gasteiger partial charge in [-0.3, -0.25) is 0 Å². The topological polar surface area (TPSA) is 59.9 Å². The average molecular weight is 321 g/mol. The van der Waals surface area contributed by atoms with Crippen LogP contribution >= 0.6 is 22.9 Å². The van der Waals surface area contributed by atoms with Crippen LogP contribution in [0.5, 0.6) is 0 Å². The number of ether oxygens (including phenoxy) is 1. The summed E-state index contributed by atoms with van der Waals surface area (Å²) in [4.78, 5) is 4.53. The molecule has 1 N–H and O–H groups in total. The molecule has 0 fully saturated rings. The van der Waals surface area contributed by atoms with Crippen molar-refractivity contribution >= 4 is 44.1 Å². The SMILES string of the molecule is COCc1c(Nc2nc3ccccc3s2)nnc(Cl)c1C. The van der Waals surface area contributed by atoms with Crippen molar-refractivity contribution in [1.82, 2.24) is 15.2 Å². The number of rotatable bonds is 4. The first kappa shape index (κ1) is 14.2. The fraction of sp³-hybridized carbons (Fsp3) is 0.214. The van der Waals surface area contributed by atoms with Crippen molar-refractivity contribution in [2.45, 2.75) is 13.5 Å². The van der Waals surface area contributed by atoms with E-state index in [1.165, 1.54) is 0 Å². The van der Waals surface area contributed by atoms with Gasteiger partial charge in [-0.15, -0.1) is 10.2 Å². The number of benzene rings is 1. The fourth-order valence-electron chi connectivity index (χ4n) is 1.98. The zero-order chi connectivity index (χ0) is 14.8. The van der Waals surface area contributed by atoms with Gasteiger partial charge in [-0.2, -0.15) is 0 Å². The van der Waals surface area contributed by atoms with Crippen LogP contribution in [0.25, 0.3) is 10.2 Å². The largest absolute Gasteiger partial charge is 0.380 e.